The molecular weight excluding hydrogens is 487 g/mol. The smallest absolute Gasteiger partial charge is 0.391 e. The average Bonchev–Trinajstić information content (AvgIpc) is 2.85. The molecule has 3 aromatic carbocycles. The Morgan fingerprint density at radius 3 is 1.53 bits per heavy atom. The summed E-state index contributed by atoms with van der Waals surface area (Å²) in [6.07, 6.45) is 6.00. The molecule has 38 heavy (non-hydrogen) atoms. The Kier molecular flexibility index (Phi) is 10.2. The first-order valence-electron chi connectivity index (χ1n) is 14.1. The third-order valence-corrected chi connectivity index (χ3v) is 7.71. The zero-order valence-corrected chi connectivity index (χ0v) is 25.6. The van der Waals surface area contributed by atoms with Crippen LogP contribution in [-0.2, 0) is 23.7 Å². The number of hydrogen-bond donors (Lipinski definition) is 2. The highest BCUT2D eigenvalue weighted by molar-refractivity contribution is 7.39. The molecule has 0 unspecified atom stereocenters. The van der Waals surface area contributed by atoms with Crippen LogP contribution < -0.4 is 4.52 Å². The quantitative estimate of drug-likeness (QED) is 0.254. The molecule has 3 nitrogen and oxygen atoms in total. The minimum absolute atomic E-state index is 0.0678. The van der Waals surface area contributed by atoms with E-state index in [0.29, 0.717) is 5.75 Å². The minimum Gasteiger partial charge on any atom is -0.427 e. The van der Waals surface area contributed by atoms with Gasteiger partial charge >= 0.3 is 8.60 Å². The molecule has 2 N–H and O–H groups in total. The van der Waals surface area contributed by atoms with Gasteiger partial charge in [-0.2, -0.15) is 0 Å². The van der Waals surface area contributed by atoms with Gasteiger partial charge in [0.1, 0.15) is 5.75 Å². The van der Waals surface area contributed by atoms with E-state index in [4.69, 9.17) is 4.52 Å². The van der Waals surface area contributed by atoms with Crippen molar-refractivity contribution in [3.05, 3.63) is 76.9 Å². The van der Waals surface area contributed by atoms with Gasteiger partial charge in [-0.15, -0.1) is 0 Å². The Morgan fingerprint density at radius 1 is 0.658 bits per heavy atom. The average molecular weight is 535 g/mol. The lowest BCUT2D eigenvalue weighted by Crippen LogP contribution is -2.11. The van der Waals surface area contributed by atoms with E-state index in [1.807, 2.05) is 6.07 Å². The van der Waals surface area contributed by atoms with E-state index in [-0.39, 0.29) is 10.8 Å². The molecule has 0 aromatic heterocycles. The SMILES string of the molecule is CCCCc1c(OP(O)O)cc(-c2ccc(C(C)(C)C)cc2)c(-c2ccc(C(C)(C)C)cc2)c1CCCC. The molecule has 0 bridgehead atoms. The van der Waals surface area contributed by atoms with Crippen LogP contribution in [0.5, 0.6) is 5.75 Å². The Hall–Kier alpha value is -2.19. The predicted octanol–water partition coefficient (Wildman–Crippen LogP) is 9.89. The van der Waals surface area contributed by atoms with Gasteiger partial charge in [-0.25, -0.2) is 0 Å². The monoisotopic (exact) mass is 534 g/mol. The van der Waals surface area contributed by atoms with E-state index in [2.05, 4.69) is 104 Å². The van der Waals surface area contributed by atoms with Crippen LogP contribution in [0.25, 0.3) is 22.3 Å². The molecule has 0 heterocycles. The first-order chi connectivity index (χ1) is 17.9. The van der Waals surface area contributed by atoms with Gasteiger partial charge in [0.05, 0.1) is 0 Å². The first kappa shape index (κ1) is 30.4. The number of benzene rings is 3. The molecule has 0 saturated heterocycles. The predicted molar refractivity (Wildman–Crippen MR) is 164 cm³/mol. The van der Waals surface area contributed by atoms with Gasteiger partial charge in [-0.05, 0) is 87.1 Å². The van der Waals surface area contributed by atoms with Crippen LogP contribution in [0.4, 0.5) is 0 Å². The molecule has 206 valence electrons. The number of rotatable bonds is 10. The van der Waals surface area contributed by atoms with Crippen molar-refractivity contribution in [1.82, 2.24) is 0 Å². The van der Waals surface area contributed by atoms with Crippen LogP contribution >= 0.6 is 8.60 Å². The zero-order chi connectivity index (χ0) is 28.1. The molecule has 3 rings (SSSR count). The Labute approximate surface area is 232 Å². The third kappa shape index (κ3) is 7.47. The Bertz CT molecular complexity index is 1180. The van der Waals surface area contributed by atoms with Gasteiger partial charge in [0.2, 0.25) is 0 Å². The molecule has 3 aromatic rings. The van der Waals surface area contributed by atoms with Gasteiger partial charge in [-0.1, -0.05) is 117 Å². The molecule has 0 aliphatic heterocycles. The normalized spacial score (nSPS) is 12.3. The molecule has 0 amide bonds. The van der Waals surface area contributed by atoms with E-state index in [9.17, 15) is 9.79 Å². The van der Waals surface area contributed by atoms with Crippen molar-refractivity contribution in [1.29, 1.82) is 0 Å². The van der Waals surface area contributed by atoms with Crippen molar-refractivity contribution < 1.29 is 14.3 Å². The summed E-state index contributed by atoms with van der Waals surface area (Å²) >= 11 is 0. The van der Waals surface area contributed by atoms with Crippen LogP contribution in [0.1, 0.15) is 103 Å². The van der Waals surface area contributed by atoms with E-state index >= 15 is 0 Å². The minimum atomic E-state index is -2.52. The highest BCUT2D eigenvalue weighted by atomic mass is 31.2. The maximum atomic E-state index is 9.90. The van der Waals surface area contributed by atoms with Crippen molar-refractivity contribution >= 4 is 8.60 Å². The van der Waals surface area contributed by atoms with Gasteiger partial charge in [0.15, 0.2) is 0 Å². The topological polar surface area (TPSA) is 49.7 Å². The van der Waals surface area contributed by atoms with E-state index < -0.39 is 8.60 Å². The molecule has 0 radical (unpaired) electrons. The molecule has 0 spiro atoms. The molecule has 0 aliphatic rings. The Balaban J connectivity index is 2.36. The third-order valence-electron chi connectivity index (χ3n) is 7.35. The molecule has 0 atom stereocenters. The second-order valence-corrected chi connectivity index (χ2v) is 13.1. The fourth-order valence-electron chi connectivity index (χ4n) is 5.02. The molecule has 0 fully saturated rings. The highest BCUT2D eigenvalue weighted by Gasteiger charge is 2.23. The van der Waals surface area contributed by atoms with Crippen molar-refractivity contribution in [2.75, 3.05) is 0 Å². The second kappa shape index (κ2) is 12.8. The maximum Gasteiger partial charge on any atom is 0.391 e. The van der Waals surface area contributed by atoms with Crippen LogP contribution in [0.15, 0.2) is 54.6 Å². The summed E-state index contributed by atoms with van der Waals surface area (Å²) < 4.78 is 5.73. The van der Waals surface area contributed by atoms with Crippen molar-refractivity contribution in [2.24, 2.45) is 0 Å². The fourth-order valence-corrected chi connectivity index (χ4v) is 5.36. The van der Waals surface area contributed by atoms with Gasteiger partial charge in [-0.3, -0.25) is 0 Å². The second-order valence-electron chi connectivity index (χ2n) is 12.5. The summed E-state index contributed by atoms with van der Waals surface area (Å²) in [4.78, 5) is 19.8. The summed E-state index contributed by atoms with van der Waals surface area (Å²) in [6, 6.07) is 19.9. The summed E-state index contributed by atoms with van der Waals surface area (Å²) in [7, 11) is -2.52. The molecular formula is C34H47O3P. The van der Waals surface area contributed by atoms with E-state index in [1.54, 1.807) is 0 Å². The van der Waals surface area contributed by atoms with E-state index in [1.165, 1.54) is 27.8 Å². The lowest BCUT2D eigenvalue weighted by Gasteiger charge is -2.25. The van der Waals surface area contributed by atoms with Crippen LogP contribution in [0.2, 0.25) is 0 Å². The zero-order valence-electron chi connectivity index (χ0n) is 24.7. The summed E-state index contributed by atoms with van der Waals surface area (Å²) in [5.41, 5.74) is 9.74. The van der Waals surface area contributed by atoms with Crippen molar-refractivity contribution in [2.45, 2.75) is 105 Å². The van der Waals surface area contributed by atoms with Crippen LogP contribution in [0, 0.1) is 0 Å². The largest absolute Gasteiger partial charge is 0.427 e. The van der Waals surface area contributed by atoms with E-state index in [0.717, 1.165) is 55.2 Å². The summed E-state index contributed by atoms with van der Waals surface area (Å²) in [5.74, 6) is 0.602. The Morgan fingerprint density at radius 2 is 1.11 bits per heavy atom. The van der Waals surface area contributed by atoms with Crippen LogP contribution in [0.3, 0.4) is 0 Å². The molecule has 4 heteroatoms. The standard InChI is InChI=1S/C34H47O3P/c1-9-11-13-28-29(14-12-10-2)32(25-17-21-27(22-18-25)34(6,7)8)30(23-31(28)37-38(35)36)24-15-19-26(20-16-24)33(3,4)5/h15-23,35-36H,9-14H2,1-8H3. The summed E-state index contributed by atoms with van der Waals surface area (Å²) in [6.45, 7) is 17.8. The molecule has 0 aliphatic carbocycles. The number of unbranched alkanes of at least 4 members (excludes halogenated alkanes) is 2. The fraction of sp³-hybridized carbons (Fsp3) is 0.471. The highest BCUT2D eigenvalue weighted by Crippen LogP contribution is 2.45. The number of hydrogen-bond acceptors (Lipinski definition) is 3. The lowest BCUT2D eigenvalue weighted by atomic mass is 9.81. The van der Waals surface area contributed by atoms with Gasteiger partial charge in [0, 0.05) is 0 Å². The van der Waals surface area contributed by atoms with Crippen molar-refractivity contribution in [3.63, 3.8) is 0 Å². The molecule has 0 saturated carbocycles. The first-order valence-corrected chi connectivity index (χ1v) is 15.3. The van der Waals surface area contributed by atoms with Gasteiger partial charge in [0.25, 0.3) is 0 Å². The van der Waals surface area contributed by atoms with Crippen molar-refractivity contribution in [3.8, 4) is 28.0 Å². The van der Waals surface area contributed by atoms with Gasteiger partial charge < -0.3 is 14.3 Å². The van der Waals surface area contributed by atoms with Crippen LogP contribution in [-0.4, -0.2) is 9.79 Å². The summed E-state index contributed by atoms with van der Waals surface area (Å²) in [5, 5.41) is 0. The lowest BCUT2D eigenvalue weighted by molar-refractivity contribution is 0.373. The maximum absolute atomic E-state index is 9.90.